The van der Waals surface area contributed by atoms with E-state index in [0.717, 1.165) is 25.7 Å². The van der Waals surface area contributed by atoms with Crippen molar-refractivity contribution in [3.8, 4) is 0 Å². The van der Waals surface area contributed by atoms with E-state index in [0.29, 0.717) is 96.7 Å². The average Bonchev–Trinajstić information content (AvgIpc) is 2.85. The van der Waals surface area contributed by atoms with Gasteiger partial charge in [-0.05, 0) is 37.9 Å². The lowest BCUT2D eigenvalue weighted by Gasteiger charge is -2.27. The summed E-state index contributed by atoms with van der Waals surface area (Å²) in [6.07, 6.45) is 6.46. The third kappa shape index (κ3) is 20.0. The van der Waals surface area contributed by atoms with Crippen LogP contribution >= 0.6 is 11.8 Å². The fourth-order valence-corrected chi connectivity index (χ4v) is 4.23. The van der Waals surface area contributed by atoms with Crippen molar-refractivity contribution < 1.29 is 38.0 Å². The van der Waals surface area contributed by atoms with Gasteiger partial charge in [-0.3, -0.25) is 4.79 Å². The van der Waals surface area contributed by atoms with Crippen LogP contribution in [0, 0.1) is 5.92 Å². The molecular formula is C25H48N2O8S. The molecule has 0 heterocycles. The molecule has 0 aromatic heterocycles. The van der Waals surface area contributed by atoms with Gasteiger partial charge < -0.3 is 39.1 Å². The van der Waals surface area contributed by atoms with Crippen molar-refractivity contribution in [3.63, 3.8) is 0 Å². The minimum absolute atomic E-state index is 0.0384. The fourth-order valence-electron chi connectivity index (χ4n) is 3.49. The van der Waals surface area contributed by atoms with Crippen molar-refractivity contribution in [2.24, 2.45) is 5.92 Å². The number of nitrogens with one attached hydrogen (secondary N) is 2. The Morgan fingerprint density at radius 1 is 0.722 bits per heavy atom. The third-order valence-corrected chi connectivity index (χ3v) is 6.53. The summed E-state index contributed by atoms with van der Waals surface area (Å²) in [4.78, 5) is 23.3. The molecule has 1 fully saturated rings. The molecule has 1 rings (SSSR count). The van der Waals surface area contributed by atoms with Gasteiger partial charge in [0.15, 0.2) is 0 Å². The second-order valence-electron chi connectivity index (χ2n) is 8.98. The van der Waals surface area contributed by atoms with Crippen molar-refractivity contribution >= 4 is 23.8 Å². The number of rotatable bonds is 22. The van der Waals surface area contributed by atoms with E-state index in [1.807, 2.05) is 25.6 Å². The Morgan fingerprint density at radius 2 is 1.17 bits per heavy atom. The zero-order valence-electron chi connectivity index (χ0n) is 22.4. The van der Waals surface area contributed by atoms with Gasteiger partial charge in [0.25, 0.3) is 0 Å². The van der Waals surface area contributed by atoms with Gasteiger partial charge in [0.1, 0.15) is 6.10 Å². The van der Waals surface area contributed by atoms with Gasteiger partial charge in [0.05, 0.1) is 66.1 Å². The molecule has 0 aliphatic heterocycles. The Hall–Kier alpha value is -1.11. The van der Waals surface area contributed by atoms with Crippen molar-refractivity contribution in [3.05, 3.63) is 0 Å². The van der Waals surface area contributed by atoms with Crippen LogP contribution in [0.3, 0.4) is 0 Å². The van der Waals surface area contributed by atoms with Gasteiger partial charge in [-0.1, -0.05) is 13.8 Å². The molecule has 1 aliphatic rings. The summed E-state index contributed by atoms with van der Waals surface area (Å²) in [5.74, 6) is 0.419. The SMILES string of the molecule is CSC1CCC(OC(=O)NCCOCCOCCOCCOCCOCCNC(=O)CC(C)C)CC1. The van der Waals surface area contributed by atoms with Crippen LogP contribution in [0.2, 0.25) is 0 Å². The highest BCUT2D eigenvalue weighted by atomic mass is 32.2. The monoisotopic (exact) mass is 536 g/mol. The van der Waals surface area contributed by atoms with Crippen LogP contribution in [0.5, 0.6) is 0 Å². The Balaban J connectivity index is 1.73. The molecule has 1 aliphatic carbocycles. The van der Waals surface area contributed by atoms with Crippen LogP contribution in [0.1, 0.15) is 46.0 Å². The first-order valence-corrected chi connectivity index (χ1v) is 14.4. The van der Waals surface area contributed by atoms with Crippen LogP contribution in [-0.2, 0) is 33.2 Å². The lowest BCUT2D eigenvalue weighted by atomic mass is 9.97. The summed E-state index contributed by atoms with van der Waals surface area (Å²) >= 11 is 1.90. The van der Waals surface area contributed by atoms with Crippen molar-refractivity contribution in [2.75, 3.05) is 85.4 Å². The van der Waals surface area contributed by atoms with E-state index >= 15 is 0 Å². The highest BCUT2D eigenvalue weighted by Gasteiger charge is 2.23. The molecule has 212 valence electrons. The molecule has 0 aromatic carbocycles. The van der Waals surface area contributed by atoms with E-state index in [4.69, 9.17) is 28.4 Å². The smallest absolute Gasteiger partial charge is 0.407 e. The maximum absolute atomic E-state index is 11.8. The molecule has 1 saturated carbocycles. The minimum Gasteiger partial charge on any atom is -0.446 e. The summed E-state index contributed by atoms with van der Waals surface area (Å²) < 4.78 is 32.6. The zero-order chi connectivity index (χ0) is 26.3. The van der Waals surface area contributed by atoms with Crippen molar-refractivity contribution in [1.82, 2.24) is 10.6 Å². The summed E-state index contributed by atoms with van der Waals surface area (Å²) in [7, 11) is 0. The van der Waals surface area contributed by atoms with Crippen LogP contribution in [0.25, 0.3) is 0 Å². The molecule has 0 saturated heterocycles. The second-order valence-corrected chi connectivity index (χ2v) is 10.1. The maximum Gasteiger partial charge on any atom is 0.407 e. The predicted molar refractivity (Wildman–Crippen MR) is 141 cm³/mol. The van der Waals surface area contributed by atoms with E-state index < -0.39 is 0 Å². The molecule has 0 unspecified atom stereocenters. The zero-order valence-corrected chi connectivity index (χ0v) is 23.2. The Kier molecular flexibility index (Phi) is 21.1. The van der Waals surface area contributed by atoms with Crippen molar-refractivity contribution in [2.45, 2.75) is 57.3 Å². The summed E-state index contributed by atoms with van der Waals surface area (Å²) in [5.41, 5.74) is 0. The summed E-state index contributed by atoms with van der Waals surface area (Å²) in [6, 6.07) is 0. The standard InChI is InChI=1S/C25H48N2O8S/c1-21(2)20-24(28)26-8-10-30-12-14-32-16-18-34-19-17-33-15-13-31-11-9-27-25(29)35-22-4-6-23(36-3)7-5-22/h21-23H,4-20H2,1-3H3,(H,26,28)(H,27,29). The summed E-state index contributed by atoms with van der Waals surface area (Å²) in [5, 5.41) is 6.25. The number of ether oxygens (including phenoxy) is 6. The summed E-state index contributed by atoms with van der Waals surface area (Å²) in [6.45, 7) is 9.73. The molecule has 0 bridgehead atoms. The molecule has 0 atom stereocenters. The number of amides is 2. The first-order chi connectivity index (χ1) is 17.5. The first kappa shape index (κ1) is 32.9. The minimum atomic E-state index is -0.362. The largest absolute Gasteiger partial charge is 0.446 e. The van der Waals surface area contributed by atoms with Gasteiger partial charge in [0, 0.05) is 24.8 Å². The average molecular weight is 537 g/mol. The van der Waals surface area contributed by atoms with Gasteiger partial charge in [-0.15, -0.1) is 0 Å². The maximum atomic E-state index is 11.8. The van der Waals surface area contributed by atoms with Gasteiger partial charge in [-0.2, -0.15) is 11.8 Å². The van der Waals surface area contributed by atoms with Gasteiger partial charge in [-0.25, -0.2) is 4.79 Å². The number of alkyl carbamates (subject to hydrolysis) is 1. The second kappa shape index (κ2) is 23.0. The van der Waals surface area contributed by atoms with Gasteiger partial charge >= 0.3 is 6.09 Å². The van der Waals surface area contributed by atoms with Crippen molar-refractivity contribution in [1.29, 1.82) is 0 Å². The molecule has 2 N–H and O–H groups in total. The number of carbonyl (C=O) groups excluding carboxylic acids is 2. The highest BCUT2D eigenvalue weighted by molar-refractivity contribution is 7.99. The van der Waals surface area contributed by atoms with Crippen LogP contribution in [0.15, 0.2) is 0 Å². The first-order valence-electron chi connectivity index (χ1n) is 13.1. The topological polar surface area (TPSA) is 114 Å². The number of hydrogen-bond acceptors (Lipinski definition) is 9. The van der Waals surface area contributed by atoms with E-state index in [1.165, 1.54) is 0 Å². The van der Waals surface area contributed by atoms with E-state index in [1.54, 1.807) is 0 Å². The normalized spacial score (nSPS) is 17.8. The van der Waals surface area contributed by atoms with Crippen LogP contribution in [0.4, 0.5) is 4.79 Å². The fraction of sp³-hybridized carbons (Fsp3) is 0.920. The predicted octanol–water partition coefficient (Wildman–Crippen LogP) is 2.63. The van der Waals surface area contributed by atoms with E-state index in [-0.39, 0.29) is 18.1 Å². The highest BCUT2D eigenvalue weighted by Crippen LogP contribution is 2.28. The third-order valence-electron chi connectivity index (χ3n) is 5.39. The molecule has 36 heavy (non-hydrogen) atoms. The molecule has 0 spiro atoms. The molecule has 10 nitrogen and oxygen atoms in total. The molecule has 0 radical (unpaired) electrons. The molecule has 0 aromatic rings. The number of carbonyl (C=O) groups is 2. The molecular weight excluding hydrogens is 488 g/mol. The molecule has 11 heteroatoms. The number of hydrogen-bond donors (Lipinski definition) is 2. The van der Waals surface area contributed by atoms with Crippen LogP contribution in [-0.4, -0.2) is 109 Å². The molecule has 2 amide bonds. The van der Waals surface area contributed by atoms with E-state index in [2.05, 4.69) is 16.9 Å². The quantitative estimate of drug-likeness (QED) is 0.202. The Morgan fingerprint density at radius 3 is 1.61 bits per heavy atom. The van der Waals surface area contributed by atoms with Gasteiger partial charge in [0.2, 0.25) is 5.91 Å². The lowest BCUT2D eigenvalue weighted by Crippen LogP contribution is -2.33. The van der Waals surface area contributed by atoms with E-state index in [9.17, 15) is 9.59 Å². The van der Waals surface area contributed by atoms with Crippen LogP contribution < -0.4 is 10.6 Å². The lowest BCUT2D eigenvalue weighted by molar-refractivity contribution is -0.122. The Bertz CT molecular complexity index is 548. The Labute approximate surface area is 221 Å². The number of thioether (sulfide) groups is 1.